The fraction of sp³-hybridized carbons (Fsp3) is 0.583. The Morgan fingerprint density at radius 1 is 1.32 bits per heavy atom. The maximum Gasteiger partial charge on any atom is 0.181 e. The predicted molar refractivity (Wildman–Crippen MR) is 155 cm³/mol. The van der Waals surface area contributed by atoms with E-state index in [1.807, 2.05) is 30.0 Å². The number of aromatic nitrogens is 6. The second-order valence-corrected chi connectivity index (χ2v) is 12.3. The summed E-state index contributed by atoms with van der Waals surface area (Å²) in [6, 6.07) is 1.91. The van der Waals surface area contributed by atoms with Crippen LogP contribution in [0.2, 0.25) is 0 Å². The molecule has 3 aromatic heterocycles. The van der Waals surface area contributed by atoms with E-state index in [0.29, 0.717) is 48.8 Å². The van der Waals surface area contributed by atoms with Crippen LogP contribution in [0.1, 0.15) is 51.3 Å². The van der Waals surface area contributed by atoms with Crippen LogP contribution in [-0.2, 0) is 21.3 Å². The number of unbranched alkanes of at least 4 members (excludes halogenated alkanes) is 1. The Morgan fingerprint density at radius 3 is 2.74 bits per heavy atom. The normalized spacial score (nSPS) is 22.3. The van der Waals surface area contributed by atoms with Crippen molar-refractivity contribution in [2.45, 2.75) is 56.3 Å². The van der Waals surface area contributed by atoms with E-state index in [1.165, 1.54) is 11.8 Å². The summed E-state index contributed by atoms with van der Waals surface area (Å²) in [7, 11) is 1.86. The quantitative estimate of drug-likeness (QED) is 0.0647. The van der Waals surface area contributed by atoms with Gasteiger partial charge in [-0.25, -0.2) is 14.4 Å². The van der Waals surface area contributed by atoms with Crippen LogP contribution in [0.5, 0.6) is 0 Å². The summed E-state index contributed by atoms with van der Waals surface area (Å²) in [4.78, 5) is 23.6. The molecule has 4 heterocycles. The third-order valence-corrected chi connectivity index (χ3v) is 9.77. The van der Waals surface area contributed by atoms with Gasteiger partial charge in [-0.1, -0.05) is 24.9 Å². The molecule has 1 N–H and O–H groups in total. The van der Waals surface area contributed by atoms with E-state index in [1.54, 1.807) is 4.68 Å². The highest BCUT2D eigenvalue weighted by molar-refractivity contribution is 14.2. The molecule has 0 aromatic carbocycles. The van der Waals surface area contributed by atoms with Gasteiger partial charge < -0.3 is 14.7 Å². The van der Waals surface area contributed by atoms with Crippen molar-refractivity contribution in [2.75, 3.05) is 19.5 Å². The number of Topliss-reactive ketones (excluding diaryl/α,β-unsaturated/α-hetero) is 1. The fourth-order valence-electron chi connectivity index (χ4n) is 5.47. The molecule has 11 nitrogen and oxygen atoms in total. The van der Waals surface area contributed by atoms with Gasteiger partial charge >= 0.3 is 0 Å². The number of hydrogen-bond donors (Lipinski definition) is 1. The first-order valence-corrected chi connectivity index (χ1v) is 18.0. The van der Waals surface area contributed by atoms with Gasteiger partial charge in [-0.05, 0) is 53.6 Å². The Hall–Kier alpha value is -1.67. The number of halogens is 1. The minimum atomic E-state index is -0.903. The lowest BCUT2D eigenvalue weighted by Gasteiger charge is -2.39. The van der Waals surface area contributed by atoms with Crippen LogP contribution in [0.25, 0.3) is 22.4 Å². The van der Waals surface area contributed by atoms with Crippen molar-refractivity contribution in [3.05, 3.63) is 18.1 Å². The van der Waals surface area contributed by atoms with E-state index < -0.39 is 17.6 Å². The molecule has 0 spiro atoms. The largest absolute Gasteiger partial charge is 0.411 e. The summed E-state index contributed by atoms with van der Waals surface area (Å²) in [6.07, 6.45) is 8.67. The Kier molecular flexibility index (Phi) is 8.68. The van der Waals surface area contributed by atoms with Crippen LogP contribution in [0.4, 0.5) is 0 Å². The minimum absolute atomic E-state index is 0.0325. The summed E-state index contributed by atoms with van der Waals surface area (Å²) in [5.74, 6) is -1.77. The standard InChI is InChI=1S/C24H31IN7O4PS/c1-4-5-10-24(35-12-13-36-24)15-8-6-7-14(20(15)33)18(30-34)21-26-22-17(23(27-21)38-3)19(29-32(22)37-25)16-9-11-31(2)28-16/h9,11,14-15,34,37H,4-8,10,12-13H2,1-3H3/b30-18-. The summed E-state index contributed by atoms with van der Waals surface area (Å²) in [6.45, 7) is 3.08. The Balaban J connectivity index is 1.55. The first-order chi connectivity index (χ1) is 18.5. The molecule has 3 aromatic rings. The van der Waals surface area contributed by atoms with Crippen LogP contribution in [0.3, 0.4) is 0 Å². The highest BCUT2D eigenvalue weighted by Crippen LogP contribution is 2.43. The number of nitrogens with zero attached hydrogens (tertiary/aromatic N) is 7. The monoisotopic (exact) mass is 671 g/mol. The summed E-state index contributed by atoms with van der Waals surface area (Å²) in [5.41, 5.74) is 2.23. The van der Waals surface area contributed by atoms with E-state index in [4.69, 9.17) is 24.5 Å². The third kappa shape index (κ3) is 5.00. The molecule has 2 fully saturated rings. The number of aryl methyl sites for hydroxylation is 1. The van der Waals surface area contributed by atoms with Gasteiger partial charge in [0.1, 0.15) is 22.1 Å². The first-order valence-electron chi connectivity index (χ1n) is 12.7. The molecule has 1 saturated carbocycles. The number of hydrogen-bond acceptors (Lipinski definition) is 10. The number of fused-ring (bicyclic) bond motifs is 1. The zero-order valence-corrected chi connectivity index (χ0v) is 25.5. The van der Waals surface area contributed by atoms with E-state index in [2.05, 4.69) is 39.2 Å². The third-order valence-electron chi connectivity index (χ3n) is 7.25. The van der Waals surface area contributed by atoms with Crippen molar-refractivity contribution >= 4 is 62.7 Å². The Morgan fingerprint density at radius 2 is 2.11 bits per heavy atom. The maximum atomic E-state index is 13.9. The molecule has 1 saturated heterocycles. The highest BCUT2D eigenvalue weighted by Gasteiger charge is 2.51. The average molecular weight is 672 g/mol. The molecule has 14 heteroatoms. The topological polar surface area (TPSA) is 130 Å². The molecule has 204 valence electrons. The van der Waals surface area contributed by atoms with Crippen molar-refractivity contribution in [2.24, 2.45) is 24.0 Å². The van der Waals surface area contributed by atoms with E-state index in [-0.39, 0.29) is 23.7 Å². The lowest BCUT2D eigenvalue weighted by atomic mass is 9.73. The van der Waals surface area contributed by atoms with Crippen LogP contribution in [-0.4, -0.2) is 71.3 Å². The second-order valence-electron chi connectivity index (χ2n) is 9.51. The van der Waals surface area contributed by atoms with Gasteiger partial charge in [-0.2, -0.15) is 10.2 Å². The number of carbonyl (C=O) groups is 1. The molecule has 3 unspecified atom stereocenters. The van der Waals surface area contributed by atoms with Gasteiger partial charge in [0, 0.05) is 19.7 Å². The molecule has 1 aliphatic carbocycles. The van der Waals surface area contributed by atoms with Gasteiger partial charge in [0.15, 0.2) is 23.0 Å². The van der Waals surface area contributed by atoms with E-state index in [9.17, 15) is 10.0 Å². The number of carbonyl (C=O) groups excluding carboxylic acids is 1. The van der Waals surface area contributed by atoms with Crippen molar-refractivity contribution in [1.29, 1.82) is 0 Å². The van der Waals surface area contributed by atoms with Crippen LogP contribution in [0, 0.1) is 11.8 Å². The molecule has 2 aliphatic rings. The van der Waals surface area contributed by atoms with E-state index in [0.717, 1.165) is 30.3 Å². The molecule has 1 aliphatic heterocycles. The summed E-state index contributed by atoms with van der Waals surface area (Å²) >= 11 is 3.72. The summed E-state index contributed by atoms with van der Waals surface area (Å²) < 4.78 is 15.7. The average Bonchev–Trinajstić information content (AvgIpc) is 3.67. The molecule has 0 radical (unpaired) electrons. The van der Waals surface area contributed by atoms with Crippen LogP contribution < -0.4 is 0 Å². The van der Waals surface area contributed by atoms with Crippen molar-refractivity contribution < 1.29 is 19.5 Å². The van der Waals surface area contributed by atoms with Crippen LogP contribution >= 0.6 is 40.2 Å². The van der Waals surface area contributed by atoms with Crippen molar-refractivity contribution in [3.63, 3.8) is 0 Å². The Bertz CT molecular complexity index is 1360. The number of ketones is 1. The first kappa shape index (κ1) is 27.9. The molecule has 5 rings (SSSR count). The van der Waals surface area contributed by atoms with Gasteiger partial charge in [0.25, 0.3) is 0 Å². The smallest absolute Gasteiger partial charge is 0.181 e. The zero-order valence-electron chi connectivity index (χ0n) is 21.6. The molecular formula is C24H31IN7O4PS. The SMILES string of the molecule is CCCCC1(C2CCCC(/C(=N/O)c3nc(SC)c4c(-c5ccn(C)n5)nn(PI)c4n3)C2=O)OCCO1. The fourth-order valence-corrected chi connectivity index (χ4v) is 7.43. The molecule has 0 amide bonds. The number of ether oxygens (including phenoxy) is 2. The number of rotatable bonds is 9. The lowest BCUT2D eigenvalue weighted by molar-refractivity contribution is -0.206. The van der Waals surface area contributed by atoms with E-state index >= 15 is 0 Å². The van der Waals surface area contributed by atoms with Crippen molar-refractivity contribution in [3.8, 4) is 11.4 Å². The van der Waals surface area contributed by atoms with Crippen LogP contribution in [0.15, 0.2) is 22.4 Å². The van der Waals surface area contributed by atoms with Gasteiger partial charge in [-0.15, -0.1) is 11.8 Å². The van der Waals surface area contributed by atoms with Gasteiger partial charge in [0.2, 0.25) is 0 Å². The van der Waals surface area contributed by atoms with Gasteiger partial charge in [-0.3, -0.25) is 9.48 Å². The Labute approximate surface area is 239 Å². The van der Waals surface area contributed by atoms with Crippen molar-refractivity contribution in [1.82, 2.24) is 29.3 Å². The highest BCUT2D eigenvalue weighted by atomic mass is 127. The predicted octanol–water partition coefficient (Wildman–Crippen LogP) is 4.84. The lowest BCUT2D eigenvalue weighted by Crippen LogP contribution is -2.49. The molecule has 38 heavy (non-hydrogen) atoms. The molecule has 0 bridgehead atoms. The number of oxime groups is 1. The van der Waals surface area contributed by atoms with Gasteiger partial charge in [0.05, 0.1) is 36.8 Å². The number of thioether (sulfide) groups is 1. The maximum absolute atomic E-state index is 13.9. The second kappa shape index (κ2) is 11.8. The minimum Gasteiger partial charge on any atom is -0.411 e. The zero-order chi connectivity index (χ0) is 26.9. The molecule has 3 atom stereocenters. The summed E-state index contributed by atoms with van der Waals surface area (Å²) in [5, 5.41) is 24.6. The molecular weight excluding hydrogens is 640 g/mol.